The van der Waals surface area contributed by atoms with Gasteiger partial charge in [0.15, 0.2) is 0 Å². The Morgan fingerprint density at radius 3 is 2.12 bits per heavy atom. The van der Waals surface area contributed by atoms with Gasteiger partial charge in [-0.1, -0.05) is 25.5 Å². The van der Waals surface area contributed by atoms with Gasteiger partial charge in [-0.15, -0.1) is 0 Å². The molecule has 2 aromatic rings. The first-order valence-corrected chi connectivity index (χ1v) is 12.1. The van der Waals surface area contributed by atoms with E-state index in [2.05, 4.69) is 20.4 Å². The summed E-state index contributed by atoms with van der Waals surface area (Å²) in [7, 11) is 9.72. The molecule has 1 aromatic heterocycles. The number of carbonyl (C=O) groups excluding carboxylic acids is 4. The number of aromatic nitrogens is 2. The Kier molecular flexibility index (Phi) is 12.1. The summed E-state index contributed by atoms with van der Waals surface area (Å²) in [6.07, 6.45) is 1.20. The zero-order valence-corrected chi connectivity index (χ0v) is 21.2. The number of rotatable bonds is 4. The molecule has 182 valence electrons. The van der Waals surface area contributed by atoms with E-state index in [0.717, 1.165) is 34.4 Å². The van der Waals surface area contributed by atoms with Crippen LogP contribution >= 0.6 is 21.6 Å². The third-order valence-electron chi connectivity index (χ3n) is 3.88. The van der Waals surface area contributed by atoms with Crippen LogP contribution in [0.2, 0.25) is 0 Å². The van der Waals surface area contributed by atoms with Crippen LogP contribution in [0.4, 0.5) is 25.1 Å². The highest BCUT2D eigenvalue weighted by Gasteiger charge is 2.18. The number of nitrogens with one attached hydrogen (secondary N) is 2. The van der Waals surface area contributed by atoms with Crippen LogP contribution in [0, 0.1) is 0 Å². The Morgan fingerprint density at radius 2 is 1.61 bits per heavy atom. The van der Waals surface area contributed by atoms with Crippen LogP contribution in [0.25, 0.3) is 11.0 Å². The van der Waals surface area contributed by atoms with Gasteiger partial charge in [0.05, 0.1) is 18.1 Å². The summed E-state index contributed by atoms with van der Waals surface area (Å²) >= 11 is 0. The van der Waals surface area contributed by atoms with E-state index in [1.54, 1.807) is 40.3 Å². The highest BCUT2D eigenvalue weighted by molar-refractivity contribution is 8.87. The first-order valence-electron chi connectivity index (χ1n) is 10.00. The molecule has 33 heavy (non-hydrogen) atoms. The Morgan fingerprint density at radius 1 is 1.03 bits per heavy atom. The minimum absolute atomic E-state index is 0.129. The molecule has 0 radical (unpaired) electrons. The Hall–Kier alpha value is -2.93. The lowest BCUT2D eigenvalue weighted by Gasteiger charge is -2.10. The number of methoxy groups -OCH3 is 1. The molecule has 1 aromatic carbocycles. The maximum atomic E-state index is 12.3. The fraction of sp³-hybridized carbons (Fsp3) is 0.450. The van der Waals surface area contributed by atoms with Gasteiger partial charge >= 0.3 is 12.1 Å². The Bertz CT molecular complexity index is 944. The number of ether oxygens (including phenoxy) is 1. The number of unbranched alkanes of at least 4 members (excludes halogenated alkanes) is 1. The van der Waals surface area contributed by atoms with Crippen molar-refractivity contribution in [1.82, 2.24) is 24.7 Å². The van der Waals surface area contributed by atoms with Crippen LogP contribution in [-0.2, 0) is 4.74 Å². The molecule has 0 spiro atoms. The van der Waals surface area contributed by atoms with Crippen LogP contribution in [0.15, 0.2) is 24.3 Å². The fourth-order valence-corrected chi connectivity index (χ4v) is 3.89. The number of hydrogen-bond donors (Lipinski definition) is 2. The standard InChI is InChI=1S/C14H18N4O3.C6H12N2O2S2/c1-3-4-9-15-13(19)18-11-8-6-5-7-10(11)16-12(18)17-14(20)21-2;1-7(2)5(9)11-12-6(10)8(3)4/h5-8H,3-4,9H2,1-2H3,(H,15,19)(H,16,17,20);1-4H3. The lowest BCUT2D eigenvalue weighted by atomic mass is 10.3. The summed E-state index contributed by atoms with van der Waals surface area (Å²) in [6, 6.07) is 6.83. The summed E-state index contributed by atoms with van der Waals surface area (Å²) in [6.45, 7) is 2.61. The quantitative estimate of drug-likeness (QED) is 0.472. The van der Waals surface area contributed by atoms with Crippen LogP contribution in [-0.4, -0.2) is 83.8 Å². The number of fused-ring (bicyclic) bond motifs is 1. The molecule has 0 bridgehead atoms. The van der Waals surface area contributed by atoms with Crippen molar-refractivity contribution in [2.24, 2.45) is 0 Å². The van der Waals surface area contributed by atoms with Crippen molar-refractivity contribution < 1.29 is 23.9 Å². The number of carbonyl (C=O) groups is 4. The van der Waals surface area contributed by atoms with Crippen molar-refractivity contribution in [3.63, 3.8) is 0 Å². The number of hydrogen-bond acceptors (Lipinski definition) is 8. The summed E-state index contributed by atoms with van der Waals surface area (Å²) in [5, 5.41) is 4.99. The number of amides is 4. The van der Waals surface area contributed by atoms with E-state index >= 15 is 0 Å². The van der Waals surface area contributed by atoms with Gasteiger partial charge in [-0.25, -0.2) is 19.1 Å². The van der Waals surface area contributed by atoms with E-state index in [4.69, 9.17) is 0 Å². The van der Waals surface area contributed by atoms with E-state index < -0.39 is 6.09 Å². The second-order valence-electron chi connectivity index (χ2n) is 6.95. The predicted molar refractivity (Wildman–Crippen MR) is 133 cm³/mol. The monoisotopic (exact) mass is 498 g/mol. The van der Waals surface area contributed by atoms with Crippen molar-refractivity contribution in [2.75, 3.05) is 47.2 Å². The van der Waals surface area contributed by atoms with Gasteiger partial charge in [0.1, 0.15) is 0 Å². The van der Waals surface area contributed by atoms with Crippen molar-refractivity contribution in [2.45, 2.75) is 19.8 Å². The van der Waals surface area contributed by atoms with Gasteiger partial charge in [-0.2, -0.15) is 0 Å². The number of nitrogens with zero attached hydrogens (tertiary/aromatic N) is 4. The molecule has 2 N–H and O–H groups in total. The average Bonchev–Trinajstić information content (AvgIpc) is 3.15. The molecule has 0 unspecified atom stereocenters. The third-order valence-corrected chi connectivity index (χ3v) is 6.09. The molecule has 13 heteroatoms. The van der Waals surface area contributed by atoms with Crippen LogP contribution in [0.1, 0.15) is 19.8 Å². The van der Waals surface area contributed by atoms with Crippen LogP contribution in [0.5, 0.6) is 0 Å². The number of imidazole rings is 1. The zero-order valence-electron chi connectivity index (χ0n) is 19.6. The lowest BCUT2D eigenvalue weighted by molar-refractivity contribution is 0.186. The SMILES string of the molecule is CCCCNC(=O)n1c(NC(=O)OC)nc2ccccc21.CN(C)C(=O)SSC(=O)N(C)C. The predicted octanol–water partition coefficient (Wildman–Crippen LogP) is 4.30. The topological polar surface area (TPSA) is 126 Å². The van der Waals surface area contributed by atoms with Gasteiger partial charge in [0.2, 0.25) is 5.95 Å². The fourth-order valence-electron chi connectivity index (χ4n) is 2.13. The van der Waals surface area contributed by atoms with Gasteiger partial charge in [-0.3, -0.25) is 14.9 Å². The molecule has 0 aliphatic heterocycles. The molecule has 2 rings (SSSR count). The Labute approximate surface area is 201 Å². The molecule has 0 atom stereocenters. The summed E-state index contributed by atoms with van der Waals surface area (Å²) in [4.78, 5) is 52.7. The molecular formula is C20H30N6O5S2. The van der Waals surface area contributed by atoms with Gasteiger partial charge in [-0.05, 0) is 18.6 Å². The number of anilines is 1. The van der Waals surface area contributed by atoms with E-state index in [9.17, 15) is 19.2 Å². The number of benzene rings is 1. The minimum atomic E-state index is -0.673. The molecule has 0 aliphatic rings. The third kappa shape index (κ3) is 9.22. The smallest absolute Gasteiger partial charge is 0.413 e. The first kappa shape index (κ1) is 28.1. The van der Waals surface area contributed by atoms with E-state index in [1.165, 1.54) is 21.5 Å². The molecule has 0 aliphatic carbocycles. The van der Waals surface area contributed by atoms with Gasteiger partial charge in [0, 0.05) is 56.3 Å². The van der Waals surface area contributed by atoms with E-state index in [-0.39, 0.29) is 22.5 Å². The van der Waals surface area contributed by atoms with Crippen LogP contribution < -0.4 is 10.6 Å². The summed E-state index contributed by atoms with van der Waals surface area (Å²) < 4.78 is 5.88. The second kappa shape index (κ2) is 14.3. The van der Waals surface area contributed by atoms with Gasteiger partial charge in [0.25, 0.3) is 10.5 Å². The molecule has 0 fully saturated rings. The van der Waals surface area contributed by atoms with Crippen molar-refractivity contribution in [1.29, 1.82) is 0 Å². The van der Waals surface area contributed by atoms with Crippen molar-refractivity contribution in [3.05, 3.63) is 24.3 Å². The molecular weight excluding hydrogens is 468 g/mol. The van der Waals surface area contributed by atoms with Crippen molar-refractivity contribution in [3.8, 4) is 0 Å². The Balaban J connectivity index is 0.000000389. The zero-order chi connectivity index (χ0) is 25.0. The molecule has 4 amide bonds. The molecule has 0 saturated carbocycles. The molecule has 0 saturated heterocycles. The largest absolute Gasteiger partial charge is 0.453 e. The average molecular weight is 499 g/mol. The second-order valence-corrected chi connectivity index (χ2v) is 8.98. The van der Waals surface area contributed by atoms with Crippen molar-refractivity contribution >= 4 is 61.2 Å². The normalized spacial score (nSPS) is 10.0. The highest BCUT2D eigenvalue weighted by atomic mass is 33.1. The maximum absolute atomic E-state index is 12.3. The summed E-state index contributed by atoms with van der Waals surface area (Å²) in [5.74, 6) is 0.136. The lowest BCUT2D eigenvalue weighted by Crippen LogP contribution is -2.31. The van der Waals surface area contributed by atoms with E-state index in [1.807, 2.05) is 19.1 Å². The van der Waals surface area contributed by atoms with E-state index in [0.29, 0.717) is 17.6 Å². The molecule has 1 heterocycles. The minimum Gasteiger partial charge on any atom is -0.453 e. The first-order chi connectivity index (χ1) is 15.6. The number of para-hydroxylation sites is 2. The maximum Gasteiger partial charge on any atom is 0.413 e. The molecule has 11 nitrogen and oxygen atoms in total. The highest BCUT2D eigenvalue weighted by Crippen LogP contribution is 2.25. The van der Waals surface area contributed by atoms with Gasteiger partial charge < -0.3 is 19.9 Å². The van der Waals surface area contributed by atoms with Crippen LogP contribution in [0.3, 0.4) is 0 Å². The summed E-state index contributed by atoms with van der Waals surface area (Å²) in [5.41, 5.74) is 1.24.